The van der Waals surface area contributed by atoms with Gasteiger partial charge in [-0.15, -0.1) is 0 Å². The highest BCUT2D eigenvalue weighted by Gasteiger charge is 2.31. The minimum atomic E-state index is -0.227. The number of carbonyl (C=O) groups excluding carboxylic acids is 1. The minimum absolute atomic E-state index is 0.148. The van der Waals surface area contributed by atoms with Crippen LogP contribution in [-0.2, 0) is 17.8 Å². The number of halogens is 1. The fourth-order valence-electron chi connectivity index (χ4n) is 6.92. The summed E-state index contributed by atoms with van der Waals surface area (Å²) in [5.74, 6) is 0.262. The predicted octanol–water partition coefficient (Wildman–Crippen LogP) is 4.91. The molecule has 1 amide bonds. The molecule has 44 heavy (non-hydrogen) atoms. The van der Waals surface area contributed by atoms with Crippen molar-refractivity contribution in [3.8, 4) is 18.0 Å². The predicted molar refractivity (Wildman–Crippen MR) is 172 cm³/mol. The van der Waals surface area contributed by atoms with Crippen molar-refractivity contribution in [3.63, 3.8) is 0 Å². The molecule has 0 spiro atoms. The first-order valence-corrected chi connectivity index (χ1v) is 15.6. The number of pyridine rings is 1. The van der Waals surface area contributed by atoms with Crippen LogP contribution in [0.3, 0.4) is 0 Å². The summed E-state index contributed by atoms with van der Waals surface area (Å²) >= 11 is 6.91. The Balaban J connectivity index is 1.30. The molecule has 3 aliphatic heterocycles. The Morgan fingerprint density at radius 1 is 1.14 bits per heavy atom. The number of ether oxygens (including phenoxy) is 1. The quantitative estimate of drug-likeness (QED) is 0.348. The topological polar surface area (TPSA) is 99.7 Å². The Hall–Kier alpha value is -4.31. The summed E-state index contributed by atoms with van der Waals surface area (Å²) in [6.07, 6.45) is 6.43. The van der Waals surface area contributed by atoms with Crippen LogP contribution < -0.4 is 14.5 Å². The molecule has 2 fully saturated rings. The van der Waals surface area contributed by atoms with Crippen LogP contribution in [0.25, 0.3) is 10.8 Å². The SMILES string of the molecule is C=CC(=O)N1CCN(c2ccc(Cl)c3c(N4CCc5cnc(OC[C@@H]6CCCN6C)c(C#N)c5C4)cccc23)CC1CC#N. The average molecular weight is 610 g/mol. The first kappa shape index (κ1) is 29.7. The fourth-order valence-corrected chi connectivity index (χ4v) is 7.18. The molecule has 226 valence electrons. The van der Waals surface area contributed by atoms with Crippen molar-refractivity contribution in [2.75, 3.05) is 56.2 Å². The molecule has 0 radical (unpaired) electrons. The van der Waals surface area contributed by atoms with Crippen molar-refractivity contribution in [2.45, 2.75) is 44.3 Å². The lowest BCUT2D eigenvalue weighted by Crippen LogP contribution is -2.54. The van der Waals surface area contributed by atoms with E-state index in [9.17, 15) is 15.3 Å². The number of anilines is 2. The molecule has 4 heterocycles. The number of nitriles is 2. The number of rotatable bonds is 7. The van der Waals surface area contributed by atoms with Crippen molar-refractivity contribution < 1.29 is 9.53 Å². The van der Waals surface area contributed by atoms with Gasteiger partial charge in [-0.3, -0.25) is 4.79 Å². The molecule has 2 aromatic carbocycles. The average Bonchev–Trinajstić information content (AvgIpc) is 3.47. The number of likely N-dealkylation sites (N-methyl/N-ethyl adjacent to an activating group) is 1. The lowest BCUT2D eigenvalue weighted by atomic mass is 9.96. The van der Waals surface area contributed by atoms with Crippen LogP contribution in [0.1, 0.15) is 36.0 Å². The number of nitrogens with zero attached hydrogens (tertiary/aromatic N) is 7. The van der Waals surface area contributed by atoms with E-state index in [4.69, 9.17) is 16.3 Å². The lowest BCUT2D eigenvalue weighted by molar-refractivity contribution is -0.128. The summed E-state index contributed by atoms with van der Waals surface area (Å²) in [6, 6.07) is 14.9. The maximum atomic E-state index is 12.5. The van der Waals surface area contributed by atoms with Crippen molar-refractivity contribution in [1.29, 1.82) is 10.5 Å². The van der Waals surface area contributed by atoms with Gasteiger partial charge in [0, 0.05) is 67.1 Å². The summed E-state index contributed by atoms with van der Waals surface area (Å²) in [7, 11) is 2.11. The van der Waals surface area contributed by atoms with Gasteiger partial charge in [0.05, 0.1) is 23.6 Å². The minimum Gasteiger partial charge on any atom is -0.475 e. The molecule has 0 saturated carbocycles. The molecule has 1 unspecified atom stereocenters. The van der Waals surface area contributed by atoms with Gasteiger partial charge >= 0.3 is 0 Å². The van der Waals surface area contributed by atoms with Gasteiger partial charge in [-0.1, -0.05) is 30.3 Å². The molecule has 3 aromatic rings. The van der Waals surface area contributed by atoms with Crippen LogP contribution in [-0.4, -0.2) is 79.2 Å². The molecule has 3 aliphatic rings. The maximum absolute atomic E-state index is 12.5. The van der Waals surface area contributed by atoms with Gasteiger partial charge in [-0.05, 0) is 68.3 Å². The number of hydrogen-bond acceptors (Lipinski definition) is 8. The van der Waals surface area contributed by atoms with E-state index in [0.29, 0.717) is 55.3 Å². The van der Waals surface area contributed by atoms with E-state index in [1.54, 1.807) is 4.90 Å². The van der Waals surface area contributed by atoms with Crippen molar-refractivity contribution in [3.05, 3.63) is 70.9 Å². The molecular weight excluding hydrogens is 574 g/mol. The largest absolute Gasteiger partial charge is 0.475 e. The molecule has 0 aliphatic carbocycles. The third-order valence-electron chi connectivity index (χ3n) is 9.33. The van der Waals surface area contributed by atoms with Crippen LogP contribution in [0.15, 0.2) is 49.2 Å². The highest BCUT2D eigenvalue weighted by atomic mass is 35.5. The third-order valence-corrected chi connectivity index (χ3v) is 9.65. The van der Waals surface area contributed by atoms with E-state index < -0.39 is 0 Å². The van der Waals surface area contributed by atoms with E-state index in [2.05, 4.69) is 57.6 Å². The lowest BCUT2D eigenvalue weighted by Gasteiger charge is -2.42. The van der Waals surface area contributed by atoms with Gasteiger partial charge < -0.3 is 24.3 Å². The van der Waals surface area contributed by atoms with Crippen LogP contribution in [0.5, 0.6) is 5.88 Å². The van der Waals surface area contributed by atoms with Crippen molar-refractivity contribution in [2.24, 2.45) is 0 Å². The Morgan fingerprint density at radius 3 is 2.75 bits per heavy atom. The molecule has 2 saturated heterocycles. The molecule has 2 atom stereocenters. The third kappa shape index (κ3) is 5.54. The van der Waals surface area contributed by atoms with E-state index in [1.807, 2.05) is 24.4 Å². The second kappa shape index (κ2) is 12.7. The molecule has 10 heteroatoms. The van der Waals surface area contributed by atoms with Gasteiger partial charge in [0.2, 0.25) is 11.8 Å². The molecule has 0 bridgehead atoms. The van der Waals surface area contributed by atoms with E-state index >= 15 is 0 Å². The monoisotopic (exact) mass is 609 g/mol. The van der Waals surface area contributed by atoms with Crippen molar-refractivity contribution in [1.82, 2.24) is 14.8 Å². The smallest absolute Gasteiger partial charge is 0.246 e. The molecule has 9 nitrogen and oxygen atoms in total. The number of hydrogen-bond donors (Lipinski definition) is 0. The first-order valence-electron chi connectivity index (χ1n) is 15.2. The highest BCUT2D eigenvalue weighted by molar-refractivity contribution is 6.37. The number of likely N-dealkylation sites (tertiary alicyclic amines) is 1. The first-order chi connectivity index (χ1) is 21.4. The summed E-state index contributed by atoms with van der Waals surface area (Å²) < 4.78 is 6.15. The van der Waals surface area contributed by atoms with Gasteiger partial charge in [0.15, 0.2) is 0 Å². The van der Waals surface area contributed by atoms with E-state index in [1.165, 1.54) is 6.08 Å². The fraction of sp³-hybridized carbons (Fsp3) is 0.412. The summed E-state index contributed by atoms with van der Waals surface area (Å²) in [4.78, 5) is 25.6. The molecule has 6 rings (SSSR count). The van der Waals surface area contributed by atoms with Gasteiger partial charge in [-0.2, -0.15) is 10.5 Å². The zero-order valence-electron chi connectivity index (χ0n) is 25.0. The number of aromatic nitrogens is 1. The number of piperazine rings is 1. The van der Waals surface area contributed by atoms with Crippen molar-refractivity contribution >= 4 is 39.7 Å². The standard InChI is InChI=1S/C34H36ClN7O2/c1-3-32(43)42-17-16-41(20-24(42)11-13-36)30-10-9-29(35)33-26(30)7-4-8-31(33)40-15-12-23-19-38-34(27(18-37)28(23)21-40)44-22-25-6-5-14-39(25)2/h3-4,7-10,19,24-25H,1,5-6,11-12,14-17,20-22H2,2H3/t24?,25-/m0/s1. The van der Waals surface area contributed by atoms with Crippen LogP contribution in [0.4, 0.5) is 11.4 Å². The second-order valence-electron chi connectivity index (χ2n) is 11.8. The molecule has 0 N–H and O–H groups in total. The van der Waals surface area contributed by atoms with Crippen LogP contribution in [0, 0.1) is 22.7 Å². The highest BCUT2D eigenvalue weighted by Crippen LogP contribution is 2.41. The normalized spacial score (nSPS) is 20.2. The number of fused-ring (bicyclic) bond motifs is 2. The number of benzene rings is 2. The summed E-state index contributed by atoms with van der Waals surface area (Å²) in [5.41, 5.74) is 4.56. The maximum Gasteiger partial charge on any atom is 0.246 e. The Kier molecular flexibility index (Phi) is 8.61. The molecular formula is C34H36ClN7O2. The zero-order chi connectivity index (χ0) is 30.8. The van der Waals surface area contributed by atoms with Crippen LogP contribution >= 0.6 is 11.6 Å². The Bertz CT molecular complexity index is 1680. The Labute approximate surface area is 263 Å². The van der Waals surface area contributed by atoms with Crippen LogP contribution in [0.2, 0.25) is 5.02 Å². The van der Waals surface area contributed by atoms with E-state index in [0.717, 1.165) is 65.6 Å². The number of carbonyl (C=O) groups is 1. The zero-order valence-corrected chi connectivity index (χ0v) is 25.8. The Morgan fingerprint density at radius 2 is 2.00 bits per heavy atom. The second-order valence-corrected chi connectivity index (χ2v) is 12.2. The number of amides is 1. The van der Waals surface area contributed by atoms with Gasteiger partial charge in [-0.25, -0.2) is 4.98 Å². The summed E-state index contributed by atoms with van der Waals surface area (Å²) in [6.45, 7) is 8.22. The summed E-state index contributed by atoms with van der Waals surface area (Å²) in [5, 5.41) is 22.3. The molecule has 1 aromatic heterocycles. The van der Waals surface area contributed by atoms with E-state index in [-0.39, 0.29) is 18.4 Å². The van der Waals surface area contributed by atoms with Gasteiger partial charge in [0.25, 0.3) is 0 Å². The van der Waals surface area contributed by atoms with Gasteiger partial charge in [0.1, 0.15) is 18.2 Å².